The molecular weight excluding hydrogens is 354 g/mol. The molecule has 0 unspecified atom stereocenters. The molecule has 1 N–H and O–H groups in total. The highest BCUT2D eigenvalue weighted by molar-refractivity contribution is 7.18. The Hall–Kier alpha value is -1.15. The minimum absolute atomic E-state index is 0.00839. The van der Waals surface area contributed by atoms with Gasteiger partial charge >= 0.3 is 0 Å². The van der Waals surface area contributed by atoms with E-state index in [9.17, 15) is 4.79 Å². The number of hydrogen-bond acceptors (Lipinski definition) is 6. The first-order valence-electron chi connectivity index (χ1n) is 7.59. The van der Waals surface area contributed by atoms with E-state index >= 15 is 0 Å². The van der Waals surface area contributed by atoms with Gasteiger partial charge in [0.25, 0.3) is 5.91 Å². The van der Waals surface area contributed by atoms with E-state index in [1.807, 2.05) is 6.07 Å². The molecule has 0 saturated carbocycles. The molecule has 23 heavy (non-hydrogen) atoms. The molecule has 2 aromatic rings. The highest BCUT2D eigenvalue weighted by Crippen LogP contribution is 2.34. The number of carbonyl (C=O) groups excluding carboxylic acids is 1. The van der Waals surface area contributed by atoms with Crippen molar-refractivity contribution in [2.24, 2.45) is 5.92 Å². The highest BCUT2D eigenvalue weighted by atomic mass is 35.5. The Morgan fingerprint density at radius 2 is 2.13 bits per heavy atom. The lowest BCUT2D eigenvalue weighted by Gasteiger charge is -2.44. The van der Waals surface area contributed by atoms with Crippen molar-refractivity contribution in [2.75, 3.05) is 19.6 Å². The monoisotopic (exact) mass is 369 g/mol. The van der Waals surface area contributed by atoms with E-state index in [4.69, 9.17) is 16.3 Å². The van der Waals surface area contributed by atoms with Crippen LogP contribution in [0.4, 0.5) is 0 Å². The second-order valence-electron chi connectivity index (χ2n) is 5.87. The largest absolute Gasteiger partial charge is 0.434 e. The van der Waals surface area contributed by atoms with E-state index in [0.29, 0.717) is 25.4 Å². The Morgan fingerprint density at radius 3 is 2.78 bits per heavy atom. The van der Waals surface area contributed by atoms with Crippen LogP contribution in [0.5, 0.6) is 10.1 Å². The van der Waals surface area contributed by atoms with Crippen LogP contribution in [0.1, 0.15) is 22.5 Å². The average Bonchev–Trinajstić information content (AvgIpc) is 3.18. The zero-order chi connectivity index (χ0) is 15.8. The molecule has 5 heterocycles. The summed E-state index contributed by atoms with van der Waals surface area (Å²) in [5, 5.41) is 4.49. The van der Waals surface area contributed by atoms with Crippen LogP contribution in [-0.2, 0) is 0 Å². The molecule has 0 aliphatic carbocycles. The number of amides is 1. The summed E-state index contributed by atoms with van der Waals surface area (Å²) in [6.45, 7) is 3.32. The molecule has 5 rings (SSSR count). The fraction of sp³-hybridized carbons (Fsp3) is 0.467. The molecule has 0 aromatic carbocycles. The molecular formula is C15H16ClN3O2S2. The molecule has 3 aliphatic heterocycles. The maximum Gasteiger partial charge on any atom is 0.261 e. The first-order valence-corrected chi connectivity index (χ1v) is 9.61. The number of hydrogen-bond donors (Lipinski definition) is 1. The van der Waals surface area contributed by atoms with E-state index < -0.39 is 0 Å². The van der Waals surface area contributed by atoms with Gasteiger partial charge in [-0.2, -0.15) is 0 Å². The van der Waals surface area contributed by atoms with E-state index in [0.717, 1.165) is 6.54 Å². The molecule has 0 spiro atoms. The van der Waals surface area contributed by atoms with Crippen molar-refractivity contribution in [2.45, 2.75) is 18.9 Å². The number of ether oxygens (including phenoxy) is 1. The SMILES string of the molecule is O=C(N[C@H]1CN2CCC1CC2)c1ccc(Oc2cnc(Cl)s2)s1. The molecule has 2 aromatic heterocycles. The fourth-order valence-electron chi connectivity index (χ4n) is 3.25. The van der Waals surface area contributed by atoms with Gasteiger partial charge < -0.3 is 15.0 Å². The number of halogens is 1. The summed E-state index contributed by atoms with van der Waals surface area (Å²) in [5.74, 6) is 0.616. The first kappa shape index (κ1) is 15.4. The third kappa shape index (κ3) is 3.38. The van der Waals surface area contributed by atoms with Crippen LogP contribution in [0.15, 0.2) is 18.3 Å². The number of fused-ring (bicyclic) bond motifs is 3. The molecule has 122 valence electrons. The van der Waals surface area contributed by atoms with Gasteiger partial charge in [-0.1, -0.05) is 34.3 Å². The molecule has 2 bridgehead atoms. The van der Waals surface area contributed by atoms with Crippen molar-refractivity contribution in [1.82, 2.24) is 15.2 Å². The van der Waals surface area contributed by atoms with Gasteiger partial charge in [0, 0.05) is 12.6 Å². The molecule has 5 nitrogen and oxygen atoms in total. The minimum atomic E-state index is -0.00839. The Morgan fingerprint density at radius 1 is 1.30 bits per heavy atom. The number of nitrogens with one attached hydrogen (secondary N) is 1. The lowest BCUT2D eigenvalue weighted by molar-refractivity contribution is 0.0622. The van der Waals surface area contributed by atoms with Crippen LogP contribution in [0.25, 0.3) is 0 Å². The number of rotatable bonds is 4. The van der Waals surface area contributed by atoms with Gasteiger partial charge in [-0.3, -0.25) is 4.79 Å². The van der Waals surface area contributed by atoms with Crippen molar-refractivity contribution in [3.8, 4) is 10.1 Å². The van der Waals surface area contributed by atoms with Crippen LogP contribution in [0, 0.1) is 5.92 Å². The number of carbonyl (C=O) groups is 1. The Bertz CT molecular complexity index is 709. The van der Waals surface area contributed by atoms with Crippen molar-refractivity contribution in [3.63, 3.8) is 0 Å². The number of piperidine rings is 3. The zero-order valence-corrected chi connectivity index (χ0v) is 14.7. The number of aromatic nitrogens is 1. The second kappa shape index (κ2) is 6.39. The van der Waals surface area contributed by atoms with Gasteiger partial charge in [-0.05, 0) is 44.0 Å². The normalized spacial score (nSPS) is 26.2. The van der Waals surface area contributed by atoms with Crippen molar-refractivity contribution >= 4 is 40.2 Å². The van der Waals surface area contributed by atoms with Gasteiger partial charge in [0.2, 0.25) is 5.06 Å². The van der Waals surface area contributed by atoms with Gasteiger partial charge in [-0.15, -0.1) is 0 Å². The highest BCUT2D eigenvalue weighted by Gasteiger charge is 2.35. The summed E-state index contributed by atoms with van der Waals surface area (Å²) >= 11 is 8.40. The number of thiophene rings is 1. The maximum atomic E-state index is 12.5. The fourth-order valence-corrected chi connectivity index (χ4v) is 4.86. The van der Waals surface area contributed by atoms with Crippen LogP contribution < -0.4 is 10.1 Å². The average molecular weight is 370 g/mol. The van der Waals surface area contributed by atoms with E-state index in [-0.39, 0.29) is 11.9 Å². The van der Waals surface area contributed by atoms with Gasteiger partial charge in [0.05, 0.1) is 11.1 Å². The predicted molar refractivity (Wildman–Crippen MR) is 91.9 cm³/mol. The molecule has 1 atom stereocenters. The number of thiazole rings is 1. The minimum Gasteiger partial charge on any atom is -0.434 e. The third-order valence-corrected chi connectivity index (χ3v) is 6.39. The summed E-state index contributed by atoms with van der Waals surface area (Å²) in [7, 11) is 0. The first-order chi connectivity index (χ1) is 11.2. The van der Waals surface area contributed by atoms with Crippen LogP contribution in [0.3, 0.4) is 0 Å². The Labute approximate surface area is 147 Å². The van der Waals surface area contributed by atoms with E-state index in [1.165, 1.54) is 48.6 Å². The van der Waals surface area contributed by atoms with E-state index in [2.05, 4.69) is 15.2 Å². The summed E-state index contributed by atoms with van der Waals surface area (Å²) < 4.78 is 6.11. The maximum absolute atomic E-state index is 12.5. The van der Waals surface area contributed by atoms with Gasteiger partial charge in [0.1, 0.15) is 0 Å². The number of nitrogens with zero attached hydrogens (tertiary/aromatic N) is 2. The van der Waals surface area contributed by atoms with Crippen molar-refractivity contribution < 1.29 is 9.53 Å². The molecule has 8 heteroatoms. The third-order valence-electron chi connectivity index (χ3n) is 4.44. The summed E-state index contributed by atoms with van der Waals surface area (Å²) in [6.07, 6.45) is 3.96. The van der Waals surface area contributed by atoms with Crippen molar-refractivity contribution in [1.29, 1.82) is 0 Å². The molecule has 0 radical (unpaired) electrons. The summed E-state index contributed by atoms with van der Waals surface area (Å²) in [6, 6.07) is 3.89. The van der Waals surface area contributed by atoms with Gasteiger partial charge in [0.15, 0.2) is 9.53 Å². The lowest BCUT2D eigenvalue weighted by atomic mass is 9.84. The lowest BCUT2D eigenvalue weighted by Crippen LogP contribution is -2.57. The van der Waals surface area contributed by atoms with Crippen LogP contribution in [-0.4, -0.2) is 41.5 Å². The van der Waals surface area contributed by atoms with Gasteiger partial charge in [-0.25, -0.2) is 4.98 Å². The van der Waals surface area contributed by atoms with Crippen LogP contribution in [0.2, 0.25) is 4.47 Å². The zero-order valence-electron chi connectivity index (χ0n) is 12.3. The summed E-state index contributed by atoms with van der Waals surface area (Å²) in [4.78, 5) is 19.5. The molecule has 3 fully saturated rings. The quantitative estimate of drug-likeness (QED) is 0.896. The molecule has 3 aliphatic rings. The Balaban J connectivity index is 1.39. The van der Waals surface area contributed by atoms with Crippen LogP contribution >= 0.6 is 34.3 Å². The Kier molecular flexibility index (Phi) is 4.27. The standard InChI is InChI=1S/C15H16ClN3O2S2/c16-15-17-7-13(23-15)21-12-2-1-11(22-12)14(20)18-10-8-19-5-3-9(10)4-6-19/h1-2,7,9-10H,3-6,8H2,(H,18,20)/t10-/m0/s1. The smallest absolute Gasteiger partial charge is 0.261 e. The molecule has 3 saturated heterocycles. The van der Waals surface area contributed by atoms with E-state index in [1.54, 1.807) is 12.3 Å². The topological polar surface area (TPSA) is 54.5 Å². The molecule has 1 amide bonds. The second-order valence-corrected chi connectivity index (χ2v) is 8.49. The summed E-state index contributed by atoms with van der Waals surface area (Å²) in [5.41, 5.74) is 0. The predicted octanol–water partition coefficient (Wildman–Crippen LogP) is 3.47. The van der Waals surface area contributed by atoms with Crippen molar-refractivity contribution in [3.05, 3.63) is 27.7 Å².